The molecule has 1 fully saturated rings. The predicted octanol–water partition coefficient (Wildman–Crippen LogP) is 3.30. The first-order valence-corrected chi connectivity index (χ1v) is 11.5. The number of aliphatic carboxylic acids is 1. The molecule has 0 radical (unpaired) electrons. The van der Waals surface area contributed by atoms with Crippen LogP contribution in [0.15, 0.2) is 48.5 Å². The Morgan fingerprint density at radius 1 is 1.03 bits per heavy atom. The molecule has 34 heavy (non-hydrogen) atoms. The highest BCUT2D eigenvalue weighted by atomic mass is 16.5. The van der Waals surface area contributed by atoms with Gasteiger partial charge < -0.3 is 25.2 Å². The summed E-state index contributed by atoms with van der Waals surface area (Å²) in [5.74, 6) is -1.84. The van der Waals surface area contributed by atoms with Crippen LogP contribution in [0.3, 0.4) is 0 Å². The number of carbonyl (C=O) groups is 3. The van der Waals surface area contributed by atoms with Gasteiger partial charge in [0.1, 0.15) is 12.1 Å². The average Bonchev–Trinajstić information content (AvgIpc) is 3.41. The Balaban J connectivity index is 1.39. The molecule has 2 amide bonds. The fourth-order valence-corrected chi connectivity index (χ4v) is 4.99. The van der Waals surface area contributed by atoms with Gasteiger partial charge in [-0.1, -0.05) is 48.5 Å². The number of ether oxygens (including phenoxy) is 2. The number of carboxylic acid groups (broad SMARTS) is 1. The Bertz CT molecular complexity index is 1040. The molecule has 3 N–H and O–H groups in total. The van der Waals surface area contributed by atoms with E-state index in [-0.39, 0.29) is 25.2 Å². The zero-order valence-corrected chi connectivity index (χ0v) is 19.4. The van der Waals surface area contributed by atoms with Crippen molar-refractivity contribution in [2.24, 2.45) is 5.92 Å². The van der Waals surface area contributed by atoms with Gasteiger partial charge in [-0.3, -0.25) is 9.59 Å². The number of nitrogens with one attached hydrogen (secondary N) is 2. The van der Waals surface area contributed by atoms with Crippen LogP contribution >= 0.6 is 0 Å². The minimum Gasteiger partial charge on any atom is -0.481 e. The molecule has 8 nitrogen and oxygen atoms in total. The third-order valence-electron chi connectivity index (χ3n) is 6.77. The zero-order chi connectivity index (χ0) is 24.3. The first-order valence-electron chi connectivity index (χ1n) is 11.5. The second-order valence-electron chi connectivity index (χ2n) is 9.23. The summed E-state index contributed by atoms with van der Waals surface area (Å²) in [5, 5.41) is 14.7. The predicted molar refractivity (Wildman–Crippen MR) is 125 cm³/mol. The molecule has 3 atom stereocenters. The molecule has 0 bridgehead atoms. The third-order valence-corrected chi connectivity index (χ3v) is 6.77. The Labute approximate surface area is 198 Å². The SMILES string of the molecule is COCC(C)(NC(=O)OCC1c2ccccc2-c2ccccc21)C(=O)N[C@H]1CC[C@@H](C(=O)O)C1. The molecular formula is C26H30N2O6. The maximum atomic E-state index is 13.0. The van der Waals surface area contributed by atoms with E-state index in [1.165, 1.54) is 7.11 Å². The van der Waals surface area contributed by atoms with Crippen molar-refractivity contribution in [3.63, 3.8) is 0 Å². The summed E-state index contributed by atoms with van der Waals surface area (Å²) in [6.07, 6.45) is 0.749. The molecule has 2 aromatic carbocycles. The van der Waals surface area contributed by atoms with Gasteiger partial charge in [0.15, 0.2) is 0 Å². The molecule has 2 aliphatic rings. The van der Waals surface area contributed by atoms with E-state index in [0.29, 0.717) is 19.3 Å². The van der Waals surface area contributed by atoms with Crippen LogP contribution in [0.2, 0.25) is 0 Å². The van der Waals surface area contributed by atoms with Crippen molar-refractivity contribution in [3.8, 4) is 11.1 Å². The van der Waals surface area contributed by atoms with Crippen molar-refractivity contribution in [2.45, 2.75) is 43.7 Å². The molecular weight excluding hydrogens is 436 g/mol. The summed E-state index contributed by atoms with van der Waals surface area (Å²) in [6.45, 7) is 1.64. The average molecular weight is 467 g/mol. The van der Waals surface area contributed by atoms with Gasteiger partial charge in [-0.05, 0) is 48.4 Å². The minimum atomic E-state index is -1.36. The summed E-state index contributed by atoms with van der Waals surface area (Å²) in [5.41, 5.74) is 3.10. The molecule has 2 aliphatic carbocycles. The summed E-state index contributed by atoms with van der Waals surface area (Å²) >= 11 is 0. The first kappa shape index (κ1) is 23.8. The summed E-state index contributed by atoms with van der Waals surface area (Å²) in [7, 11) is 1.45. The van der Waals surface area contributed by atoms with E-state index in [2.05, 4.69) is 22.8 Å². The summed E-state index contributed by atoms with van der Waals surface area (Å²) in [4.78, 5) is 37.0. The van der Waals surface area contributed by atoms with Crippen LogP contribution in [-0.4, -0.2) is 55.0 Å². The van der Waals surface area contributed by atoms with E-state index in [1.54, 1.807) is 6.92 Å². The number of alkyl carbamates (subject to hydrolysis) is 1. The molecule has 4 rings (SSSR count). The van der Waals surface area contributed by atoms with Gasteiger partial charge in [-0.15, -0.1) is 0 Å². The highest BCUT2D eigenvalue weighted by Gasteiger charge is 2.39. The number of hydrogen-bond donors (Lipinski definition) is 3. The lowest BCUT2D eigenvalue weighted by atomic mass is 9.98. The number of methoxy groups -OCH3 is 1. The Morgan fingerprint density at radius 2 is 1.65 bits per heavy atom. The normalized spacial score (nSPS) is 20.6. The lowest BCUT2D eigenvalue weighted by Gasteiger charge is -2.30. The van der Waals surface area contributed by atoms with Crippen LogP contribution in [0, 0.1) is 5.92 Å². The summed E-state index contributed by atoms with van der Waals surface area (Å²) in [6, 6.07) is 15.9. The Hall–Kier alpha value is -3.39. The third kappa shape index (κ3) is 4.77. The van der Waals surface area contributed by atoms with Crippen LogP contribution in [-0.2, 0) is 19.1 Å². The maximum Gasteiger partial charge on any atom is 0.408 e. The minimum absolute atomic E-state index is 0.0574. The smallest absolute Gasteiger partial charge is 0.408 e. The highest BCUT2D eigenvalue weighted by Crippen LogP contribution is 2.44. The highest BCUT2D eigenvalue weighted by molar-refractivity contribution is 5.90. The molecule has 1 unspecified atom stereocenters. The number of carbonyl (C=O) groups excluding carboxylic acids is 2. The Morgan fingerprint density at radius 3 is 2.21 bits per heavy atom. The number of fused-ring (bicyclic) bond motifs is 3. The van der Waals surface area contributed by atoms with Crippen molar-refractivity contribution in [1.82, 2.24) is 10.6 Å². The molecule has 1 saturated carbocycles. The fourth-order valence-electron chi connectivity index (χ4n) is 4.99. The molecule has 2 aromatic rings. The quantitative estimate of drug-likeness (QED) is 0.550. The van der Waals surface area contributed by atoms with E-state index >= 15 is 0 Å². The number of carboxylic acids is 1. The zero-order valence-electron chi connectivity index (χ0n) is 19.4. The van der Waals surface area contributed by atoms with E-state index in [0.717, 1.165) is 22.3 Å². The van der Waals surface area contributed by atoms with Crippen molar-refractivity contribution in [2.75, 3.05) is 20.3 Å². The topological polar surface area (TPSA) is 114 Å². The lowest BCUT2D eigenvalue weighted by Crippen LogP contribution is -2.61. The molecule has 0 aliphatic heterocycles. The summed E-state index contributed by atoms with van der Waals surface area (Å²) < 4.78 is 10.8. The van der Waals surface area contributed by atoms with E-state index in [9.17, 15) is 19.5 Å². The number of amides is 2. The number of benzene rings is 2. The lowest BCUT2D eigenvalue weighted by molar-refractivity contribution is -0.141. The second-order valence-corrected chi connectivity index (χ2v) is 9.23. The van der Waals surface area contributed by atoms with Gasteiger partial charge in [0, 0.05) is 19.1 Å². The van der Waals surface area contributed by atoms with Gasteiger partial charge in [0.05, 0.1) is 12.5 Å². The van der Waals surface area contributed by atoms with Crippen molar-refractivity contribution in [3.05, 3.63) is 59.7 Å². The standard InChI is InChI=1S/C26H30N2O6/c1-26(15-33-2,24(31)27-17-12-11-16(13-17)23(29)30)28-25(32)34-14-22-20-9-5-3-7-18(20)19-8-4-6-10-21(19)22/h3-10,16-17,22H,11-15H2,1-2H3,(H,27,31)(H,28,32)(H,29,30)/t16-,17+,26?/m1/s1. The molecule has 180 valence electrons. The van der Waals surface area contributed by atoms with Crippen molar-refractivity contribution < 1.29 is 29.0 Å². The second kappa shape index (κ2) is 9.85. The molecule has 0 heterocycles. The molecule has 8 heteroatoms. The van der Waals surface area contributed by atoms with Crippen molar-refractivity contribution in [1.29, 1.82) is 0 Å². The largest absolute Gasteiger partial charge is 0.481 e. The fraction of sp³-hybridized carbons (Fsp3) is 0.423. The van der Waals surface area contributed by atoms with Crippen LogP contribution in [0.5, 0.6) is 0 Å². The number of rotatable bonds is 8. The van der Waals surface area contributed by atoms with Gasteiger partial charge in [0.25, 0.3) is 0 Å². The van der Waals surface area contributed by atoms with Crippen LogP contribution < -0.4 is 10.6 Å². The monoisotopic (exact) mass is 466 g/mol. The van der Waals surface area contributed by atoms with E-state index < -0.39 is 29.4 Å². The van der Waals surface area contributed by atoms with Gasteiger partial charge in [-0.25, -0.2) is 4.79 Å². The maximum absolute atomic E-state index is 13.0. The van der Waals surface area contributed by atoms with Crippen LogP contribution in [0.4, 0.5) is 4.79 Å². The Kier molecular flexibility index (Phi) is 6.88. The van der Waals surface area contributed by atoms with Crippen LogP contribution in [0.25, 0.3) is 11.1 Å². The van der Waals surface area contributed by atoms with Gasteiger partial charge in [0.2, 0.25) is 5.91 Å². The molecule has 0 saturated heterocycles. The van der Waals surface area contributed by atoms with E-state index in [4.69, 9.17) is 9.47 Å². The van der Waals surface area contributed by atoms with E-state index in [1.807, 2.05) is 36.4 Å². The van der Waals surface area contributed by atoms with Gasteiger partial charge >= 0.3 is 12.1 Å². The molecule has 0 spiro atoms. The molecule has 0 aromatic heterocycles. The van der Waals surface area contributed by atoms with Crippen LogP contribution in [0.1, 0.15) is 43.2 Å². The van der Waals surface area contributed by atoms with Crippen molar-refractivity contribution >= 4 is 18.0 Å². The number of hydrogen-bond acceptors (Lipinski definition) is 5. The first-order chi connectivity index (χ1) is 16.3. The van der Waals surface area contributed by atoms with Gasteiger partial charge in [-0.2, -0.15) is 0 Å².